The standard InChI is InChI=1S/C19H30N2O4/c1-14(23-2)12-20-19(22)21(16-9-5-6-10-16)13-15-8-7-11-17(24-3)18(15)25-4/h7-8,11,14,16H,5-6,9-10,12-13H2,1-4H3,(H,20,22)/t14-/m1/s1. The molecule has 0 saturated heterocycles. The highest BCUT2D eigenvalue weighted by Crippen LogP contribution is 2.33. The van der Waals surface area contributed by atoms with Gasteiger partial charge in [0, 0.05) is 25.3 Å². The monoisotopic (exact) mass is 350 g/mol. The van der Waals surface area contributed by atoms with Crippen molar-refractivity contribution in [1.29, 1.82) is 0 Å². The minimum absolute atomic E-state index is 0.0132. The molecule has 0 spiro atoms. The van der Waals surface area contributed by atoms with Gasteiger partial charge >= 0.3 is 6.03 Å². The van der Waals surface area contributed by atoms with Gasteiger partial charge in [-0.05, 0) is 25.8 Å². The Morgan fingerprint density at radius 1 is 1.24 bits per heavy atom. The zero-order chi connectivity index (χ0) is 18.2. The molecule has 1 aliphatic rings. The molecule has 1 fully saturated rings. The topological polar surface area (TPSA) is 60.0 Å². The van der Waals surface area contributed by atoms with E-state index in [1.165, 1.54) is 0 Å². The van der Waals surface area contributed by atoms with Gasteiger partial charge in [0.1, 0.15) is 0 Å². The van der Waals surface area contributed by atoms with Crippen molar-refractivity contribution in [3.63, 3.8) is 0 Å². The predicted molar refractivity (Wildman–Crippen MR) is 97.2 cm³/mol. The van der Waals surface area contributed by atoms with Crippen molar-refractivity contribution in [1.82, 2.24) is 10.2 Å². The van der Waals surface area contributed by atoms with Crippen molar-refractivity contribution < 1.29 is 19.0 Å². The van der Waals surface area contributed by atoms with E-state index in [0.717, 1.165) is 31.2 Å². The summed E-state index contributed by atoms with van der Waals surface area (Å²) in [6, 6.07) is 5.97. The summed E-state index contributed by atoms with van der Waals surface area (Å²) >= 11 is 0. The molecule has 2 amide bonds. The molecule has 6 nitrogen and oxygen atoms in total. The van der Waals surface area contributed by atoms with Crippen LogP contribution in [0.1, 0.15) is 38.2 Å². The van der Waals surface area contributed by atoms with Gasteiger partial charge < -0.3 is 24.4 Å². The van der Waals surface area contributed by atoms with E-state index in [1.54, 1.807) is 21.3 Å². The molecule has 1 saturated carbocycles. The first-order valence-electron chi connectivity index (χ1n) is 8.87. The molecule has 1 N–H and O–H groups in total. The van der Waals surface area contributed by atoms with Crippen molar-refractivity contribution in [3.8, 4) is 11.5 Å². The van der Waals surface area contributed by atoms with Crippen LogP contribution in [0.15, 0.2) is 18.2 Å². The fourth-order valence-corrected chi connectivity index (χ4v) is 3.26. The highest BCUT2D eigenvalue weighted by atomic mass is 16.5. The van der Waals surface area contributed by atoms with E-state index in [2.05, 4.69) is 5.32 Å². The van der Waals surface area contributed by atoms with Gasteiger partial charge in [-0.1, -0.05) is 25.0 Å². The molecule has 1 aliphatic carbocycles. The normalized spacial score (nSPS) is 15.7. The number of urea groups is 1. The zero-order valence-corrected chi connectivity index (χ0v) is 15.7. The lowest BCUT2D eigenvalue weighted by atomic mass is 10.1. The number of hydrogen-bond acceptors (Lipinski definition) is 4. The Labute approximate surface area is 150 Å². The second kappa shape index (κ2) is 9.51. The third kappa shape index (κ3) is 5.01. The molecule has 1 atom stereocenters. The summed E-state index contributed by atoms with van der Waals surface area (Å²) in [5, 5.41) is 2.99. The lowest BCUT2D eigenvalue weighted by Crippen LogP contribution is -2.46. The molecule has 25 heavy (non-hydrogen) atoms. The average molecular weight is 350 g/mol. The van der Waals surface area contributed by atoms with Crippen molar-refractivity contribution in [3.05, 3.63) is 23.8 Å². The molecule has 0 bridgehead atoms. The summed E-state index contributed by atoms with van der Waals surface area (Å²) in [5.41, 5.74) is 0.948. The number of nitrogens with zero attached hydrogens (tertiary/aromatic N) is 1. The molecule has 0 radical (unpaired) electrons. The maximum atomic E-state index is 12.8. The number of nitrogens with one attached hydrogen (secondary N) is 1. The van der Waals surface area contributed by atoms with Crippen LogP contribution in [0, 0.1) is 0 Å². The first kappa shape index (κ1) is 19.4. The van der Waals surface area contributed by atoms with Gasteiger partial charge in [-0.25, -0.2) is 4.79 Å². The summed E-state index contributed by atoms with van der Waals surface area (Å²) in [7, 11) is 4.89. The highest BCUT2D eigenvalue weighted by molar-refractivity contribution is 5.74. The third-order valence-electron chi connectivity index (χ3n) is 4.79. The van der Waals surface area contributed by atoms with Gasteiger partial charge in [0.2, 0.25) is 0 Å². The van der Waals surface area contributed by atoms with Crippen molar-refractivity contribution in [2.45, 2.75) is 51.3 Å². The zero-order valence-electron chi connectivity index (χ0n) is 15.7. The van der Waals surface area contributed by atoms with Crippen molar-refractivity contribution in [2.75, 3.05) is 27.9 Å². The van der Waals surface area contributed by atoms with E-state index in [0.29, 0.717) is 24.6 Å². The maximum absolute atomic E-state index is 12.8. The minimum Gasteiger partial charge on any atom is -0.493 e. The van der Waals surface area contributed by atoms with Crippen LogP contribution in [0.5, 0.6) is 11.5 Å². The van der Waals surface area contributed by atoms with Crippen LogP contribution in [-0.2, 0) is 11.3 Å². The van der Waals surface area contributed by atoms with Gasteiger partial charge in [-0.15, -0.1) is 0 Å². The Bertz CT molecular complexity index is 558. The molecular weight excluding hydrogens is 320 g/mol. The van der Waals surface area contributed by atoms with Gasteiger partial charge in [-0.2, -0.15) is 0 Å². The van der Waals surface area contributed by atoms with Gasteiger partial charge in [0.05, 0.1) is 26.9 Å². The lowest BCUT2D eigenvalue weighted by Gasteiger charge is -2.30. The van der Waals surface area contributed by atoms with E-state index in [4.69, 9.17) is 14.2 Å². The lowest BCUT2D eigenvalue weighted by molar-refractivity contribution is 0.112. The molecule has 6 heteroatoms. The Morgan fingerprint density at radius 3 is 2.56 bits per heavy atom. The second-order valence-electron chi connectivity index (χ2n) is 6.45. The maximum Gasteiger partial charge on any atom is 0.318 e. The fraction of sp³-hybridized carbons (Fsp3) is 0.632. The number of hydrogen-bond donors (Lipinski definition) is 1. The van der Waals surface area contributed by atoms with E-state index < -0.39 is 0 Å². The second-order valence-corrected chi connectivity index (χ2v) is 6.45. The number of benzene rings is 1. The van der Waals surface area contributed by atoms with Crippen LogP contribution < -0.4 is 14.8 Å². The molecule has 1 aromatic carbocycles. The number of ether oxygens (including phenoxy) is 3. The Hall–Kier alpha value is -1.95. The van der Waals surface area contributed by atoms with E-state index in [-0.39, 0.29) is 18.2 Å². The number of carbonyl (C=O) groups excluding carboxylic acids is 1. The summed E-state index contributed by atoms with van der Waals surface area (Å²) < 4.78 is 16.1. The van der Waals surface area contributed by atoms with Crippen LogP contribution >= 0.6 is 0 Å². The van der Waals surface area contributed by atoms with Gasteiger partial charge in [0.25, 0.3) is 0 Å². The number of carbonyl (C=O) groups is 1. The summed E-state index contributed by atoms with van der Waals surface area (Å²) in [6.07, 6.45) is 4.40. The largest absolute Gasteiger partial charge is 0.493 e. The molecular formula is C19H30N2O4. The SMILES string of the molecule is COc1cccc(CN(C(=O)NC[C@@H](C)OC)C2CCCC2)c1OC. The van der Waals surface area contributed by atoms with Crippen LogP contribution in [0.2, 0.25) is 0 Å². The molecule has 0 unspecified atom stereocenters. The van der Waals surface area contributed by atoms with Crippen LogP contribution in [0.25, 0.3) is 0 Å². The van der Waals surface area contributed by atoms with Gasteiger partial charge in [0.15, 0.2) is 11.5 Å². The molecule has 0 heterocycles. The first-order chi connectivity index (χ1) is 12.1. The molecule has 0 aliphatic heterocycles. The highest BCUT2D eigenvalue weighted by Gasteiger charge is 2.28. The van der Waals surface area contributed by atoms with Crippen molar-refractivity contribution in [2.24, 2.45) is 0 Å². The molecule has 2 rings (SSSR count). The summed E-state index contributed by atoms with van der Waals surface area (Å²) in [5.74, 6) is 1.37. The fourth-order valence-electron chi connectivity index (χ4n) is 3.26. The molecule has 0 aromatic heterocycles. The van der Waals surface area contributed by atoms with Gasteiger partial charge in [-0.3, -0.25) is 0 Å². The third-order valence-corrected chi connectivity index (χ3v) is 4.79. The number of amides is 2. The predicted octanol–water partition coefficient (Wildman–Crippen LogP) is 3.19. The van der Waals surface area contributed by atoms with Crippen LogP contribution in [0.4, 0.5) is 4.79 Å². The molecule has 140 valence electrons. The number of methoxy groups -OCH3 is 3. The summed E-state index contributed by atoms with van der Waals surface area (Å²) in [4.78, 5) is 14.7. The van der Waals surface area contributed by atoms with Crippen molar-refractivity contribution >= 4 is 6.03 Å². The van der Waals surface area contributed by atoms with Crippen LogP contribution in [-0.4, -0.2) is 51.0 Å². The smallest absolute Gasteiger partial charge is 0.318 e. The first-order valence-corrected chi connectivity index (χ1v) is 8.87. The molecule has 1 aromatic rings. The van der Waals surface area contributed by atoms with E-state index in [1.807, 2.05) is 30.0 Å². The Balaban J connectivity index is 2.17. The van der Waals surface area contributed by atoms with E-state index >= 15 is 0 Å². The number of rotatable bonds is 8. The Morgan fingerprint density at radius 2 is 1.96 bits per heavy atom. The quantitative estimate of drug-likeness (QED) is 0.782. The Kier molecular flexibility index (Phi) is 7.37. The van der Waals surface area contributed by atoms with Crippen LogP contribution in [0.3, 0.4) is 0 Å². The van der Waals surface area contributed by atoms with E-state index in [9.17, 15) is 4.79 Å². The summed E-state index contributed by atoms with van der Waals surface area (Å²) in [6.45, 7) is 2.93. The average Bonchev–Trinajstić information content (AvgIpc) is 3.17. The minimum atomic E-state index is -0.0549. The number of para-hydroxylation sites is 1.